The number of alkyl carbamates (subject to hydrolysis) is 1. The molecule has 0 aromatic carbocycles. The highest BCUT2D eigenvalue weighted by atomic mass is 35.5. The summed E-state index contributed by atoms with van der Waals surface area (Å²) in [6.45, 7) is 6.07. The van der Waals surface area contributed by atoms with Crippen molar-refractivity contribution in [2.75, 3.05) is 19.0 Å². The largest absolute Gasteiger partial charge is 0.444 e. The Bertz CT molecular complexity index is 239. The van der Waals surface area contributed by atoms with Crippen molar-refractivity contribution in [1.29, 1.82) is 0 Å². The van der Waals surface area contributed by atoms with Crippen LogP contribution < -0.4 is 10.6 Å². The molecule has 2 amide bonds. The van der Waals surface area contributed by atoms with E-state index in [2.05, 4.69) is 10.6 Å². The molecule has 0 atom stereocenters. The van der Waals surface area contributed by atoms with E-state index >= 15 is 0 Å². The lowest BCUT2D eigenvalue weighted by atomic mass is 10.2. The van der Waals surface area contributed by atoms with E-state index in [9.17, 15) is 9.59 Å². The Morgan fingerprint density at radius 2 is 1.75 bits per heavy atom. The zero-order chi connectivity index (χ0) is 12.6. The van der Waals surface area contributed by atoms with E-state index in [0.717, 1.165) is 0 Å². The Morgan fingerprint density at radius 3 is 2.25 bits per heavy atom. The second-order valence-electron chi connectivity index (χ2n) is 4.22. The number of carbonyl (C=O) groups excluding carboxylic acids is 2. The fraction of sp³-hybridized carbons (Fsp3) is 0.800. The second-order valence-corrected chi connectivity index (χ2v) is 4.60. The van der Waals surface area contributed by atoms with Crippen molar-refractivity contribution in [3.63, 3.8) is 0 Å². The quantitative estimate of drug-likeness (QED) is 0.570. The molecule has 0 radical (unpaired) electrons. The van der Waals surface area contributed by atoms with E-state index in [1.54, 1.807) is 20.8 Å². The van der Waals surface area contributed by atoms with Crippen LogP contribution in [0.4, 0.5) is 4.79 Å². The summed E-state index contributed by atoms with van der Waals surface area (Å²) in [6.07, 6.45) is -0.201. The van der Waals surface area contributed by atoms with Gasteiger partial charge in [0.1, 0.15) is 5.60 Å². The molecule has 94 valence electrons. The number of rotatable bonds is 5. The molecule has 2 N–H and O–H groups in total. The molecule has 16 heavy (non-hydrogen) atoms. The van der Waals surface area contributed by atoms with E-state index in [-0.39, 0.29) is 12.3 Å². The van der Waals surface area contributed by atoms with Crippen LogP contribution >= 0.6 is 11.6 Å². The summed E-state index contributed by atoms with van der Waals surface area (Å²) < 4.78 is 5.01. The maximum atomic E-state index is 11.2. The molecule has 0 fully saturated rings. The molecule has 0 saturated heterocycles. The second kappa shape index (κ2) is 7.33. The van der Waals surface area contributed by atoms with Gasteiger partial charge >= 0.3 is 6.09 Å². The summed E-state index contributed by atoms with van der Waals surface area (Å²) >= 11 is 5.38. The van der Waals surface area contributed by atoms with Crippen LogP contribution in [0.15, 0.2) is 0 Å². The van der Waals surface area contributed by atoms with Crippen molar-refractivity contribution in [1.82, 2.24) is 10.6 Å². The Balaban J connectivity index is 3.52. The van der Waals surface area contributed by atoms with Crippen molar-refractivity contribution < 1.29 is 14.3 Å². The highest BCUT2D eigenvalue weighted by Crippen LogP contribution is 2.05. The van der Waals surface area contributed by atoms with Gasteiger partial charge in [-0.05, 0) is 20.8 Å². The zero-order valence-electron chi connectivity index (χ0n) is 9.93. The van der Waals surface area contributed by atoms with Gasteiger partial charge in [0.05, 0.1) is 0 Å². The lowest BCUT2D eigenvalue weighted by Crippen LogP contribution is -2.37. The molecule has 5 nitrogen and oxygen atoms in total. The molecule has 0 saturated carbocycles. The number of ether oxygens (including phenoxy) is 1. The summed E-state index contributed by atoms with van der Waals surface area (Å²) in [7, 11) is 0. The van der Waals surface area contributed by atoms with Crippen molar-refractivity contribution in [3.05, 3.63) is 0 Å². The smallest absolute Gasteiger partial charge is 0.407 e. The molecule has 6 heteroatoms. The first kappa shape index (κ1) is 15.0. The molecule has 0 rings (SSSR count). The van der Waals surface area contributed by atoms with Crippen LogP contribution in [0.25, 0.3) is 0 Å². The number of nitrogens with one attached hydrogen (secondary N) is 2. The number of amides is 2. The van der Waals surface area contributed by atoms with E-state index in [4.69, 9.17) is 16.3 Å². The SMILES string of the molecule is CC(C)(C)OC(=O)NCCNC(=O)CCCl. The number of alkyl halides is 1. The lowest BCUT2D eigenvalue weighted by molar-refractivity contribution is -0.120. The summed E-state index contributed by atoms with van der Waals surface area (Å²) in [6, 6.07) is 0. The van der Waals surface area contributed by atoms with Crippen LogP contribution in [-0.4, -0.2) is 36.6 Å². The third-order valence-corrected chi connectivity index (χ3v) is 1.63. The predicted octanol–water partition coefficient (Wildman–Crippen LogP) is 1.26. The Labute approximate surface area is 101 Å². The van der Waals surface area contributed by atoms with Crippen molar-refractivity contribution in [2.24, 2.45) is 0 Å². The minimum absolute atomic E-state index is 0.124. The highest BCUT2D eigenvalue weighted by Gasteiger charge is 2.15. The van der Waals surface area contributed by atoms with E-state index in [1.165, 1.54) is 0 Å². The van der Waals surface area contributed by atoms with Gasteiger partial charge in [0.2, 0.25) is 5.91 Å². The predicted molar refractivity (Wildman–Crippen MR) is 62.6 cm³/mol. The fourth-order valence-electron chi connectivity index (χ4n) is 0.855. The van der Waals surface area contributed by atoms with E-state index in [1.807, 2.05) is 0 Å². The van der Waals surface area contributed by atoms with E-state index in [0.29, 0.717) is 19.0 Å². The van der Waals surface area contributed by atoms with Crippen LogP contribution in [0, 0.1) is 0 Å². The summed E-state index contributed by atoms with van der Waals surface area (Å²) in [5, 5.41) is 5.14. The van der Waals surface area contributed by atoms with Crippen molar-refractivity contribution in [2.45, 2.75) is 32.8 Å². The first-order valence-electron chi connectivity index (χ1n) is 5.14. The Hall–Kier alpha value is -0.970. The minimum atomic E-state index is -0.508. The number of hydrogen-bond acceptors (Lipinski definition) is 3. The van der Waals surface area contributed by atoms with E-state index < -0.39 is 11.7 Å². The zero-order valence-corrected chi connectivity index (χ0v) is 10.7. The molecule has 0 unspecified atom stereocenters. The van der Waals surface area contributed by atoms with Crippen LogP contribution in [0.3, 0.4) is 0 Å². The molecule has 0 aromatic rings. The Kier molecular flexibility index (Phi) is 6.88. The first-order valence-corrected chi connectivity index (χ1v) is 5.68. The van der Waals surface area contributed by atoms with Gasteiger partial charge < -0.3 is 15.4 Å². The average Bonchev–Trinajstić information content (AvgIpc) is 2.10. The van der Waals surface area contributed by atoms with Crippen LogP contribution in [0.2, 0.25) is 0 Å². The maximum Gasteiger partial charge on any atom is 0.407 e. The van der Waals surface area contributed by atoms with Gasteiger partial charge in [0.25, 0.3) is 0 Å². The van der Waals surface area contributed by atoms with Gasteiger partial charge in [-0.2, -0.15) is 0 Å². The normalized spacial score (nSPS) is 10.8. The molecule has 0 heterocycles. The minimum Gasteiger partial charge on any atom is -0.444 e. The molecular formula is C10H19ClN2O3. The molecule has 0 aliphatic heterocycles. The highest BCUT2D eigenvalue weighted by molar-refractivity contribution is 6.18. The Morgan fingerprint density at radius 1 is 1.19 bits per heavy atom. The standard InChI is InChI=1S/C10H19ClN2O3/c1-10(2,3)16-9(15)13-7-6-12-8(14)4-5-11/h4-7H2,1-3H3,(H,12,14)(H,13,15). The molecule has 0 bridgehead atoms. The number of carbonyl (C=O) groups is 2. The van der Waals surface area contributed by atoms with Crippen LogP contribution in [0.5, 0.6) is 0 Å². The summed E-state index contributed by atoms with van der Waals surface area (Å²) in [4.78, 5) is 22.1. The van der Waals surface area contributed by atoms with Crippen molar-refractivity contribution in [3.8, 4) is 0 Å². The molecule has 0 aliphatic rings. The maximum absolute atomic E-state index is 11.2. The molecule has 0 aliphatic carbocycles. The van der Waals surface area contributed by atoms with Crippen LogP contribution in [-0.2, 0) is 9.53 Å². The number of halogens is 1. The van der Waals surface area contributed by atoms with Gasteiger partial charge in [0.15, 0.2) is 0 Å². The van der Waals surface area contributed by atoms with Gasteiger partial charge in [-0.3, -0.25) is 4.79 Å². The third kappa shape index (κ3) is 9.58. The first-order chi connectivity index (χ1) is 7.35. The van der Waals surface area contributed by atoms with Gasteiger partial charge in [-0.15, -0.1) is 11.6 Å². The topological polar surface area (TPSA) is 67.4 Å². The van der Waals surface area contributed by atoms with Gasteiger partial charge in [0, 0.05) is 25.4 Å². The van der Waals surface area contributed by atoms with Gasteiger partial charge in [-0.1, -0.05) is 0 Å². The van der Waals surface area contributed by atoms with Crippen LogP contribution in [0.1, 0.15) is 27.2 Å². The average molecular weight is 251 g/mol. The summed E-state index contributed by atoms with van der Waals surface area (Å²) in [5.41, 5.74) is -0.508. The fourth-order valence-corrected chi connectivity index (χ4v) is 1.03. The van der Waals surface area contributed by atoms with Crippen molar-refractivity contribution >= 4 is 23.6 Å². The monoisotopic (exact) mass is 250 g/mol. The summed E-state index contributed by atoms with van der Waals surface area (Å²) in [5.74, 6) is 0.173. The number of hydrogen-bond donors (Lipinski definition) is 2. The molecule has 0 spiro atoms. The molecule has 0 aromatic heterocycles. The lowest BCUT2D eigenvalue weighted by Gasteiger charge is -2.19. The third-order valence-electron chi connectivity index (χ3n) is 1.44. The molecular weight excluding hydrogens is 232 g/mol. The van der Waals surface area contributed by atoms with Gasteiger partial charge in [-0.25, -0.2) is 4.79 Å².